The van der Waals surface area contributed by atoms with E-state index in [1.807, 2.05) is 54.5 Å². The van der Waals surface area contributed by atoms with Crippen LogP contribution in [0, 0.1) is 13.8 Å². The summed E-state index contributed by atoms with van der Waals surface area (Å²) in [6, 6.07) is 6.06. The minimum absolute atomic E-state index is 0.0427. The van der Waals surface area contributed by atoms with Gasteiger partial charge in [-0.3, -0.25) is 4.79 Å². The van der Waals surface area contributed by atoms with Crippen molar-refractivity contribution in [1.82, 2.24) is 14.6 Å². The molecule has 8 nitrogen and oxygen atoms in total. The fraction of sp³-hybridized carbons (Fsp3) is 0.435. The first-order chi connectivity index (χ1) is 17.7. The van der Waals surface area contributed by atoms with Gasteiger partial charge in [-0.2, -0.15) is 17.7 Å². The normalized spacial score (nSPS) is 18.9. The summed E-state index contributed by atoms with van der Waals surface area (Å²) in [6.07, 6.45) is -3.35. The summed E-state index contributed by atoms with van der Waals surface area (Å²) >= 11 is 0. The third-order valence-corrected chi connectivity index (χ3v) is 7.75. The molecule has 15 heteroatoms. The summed E-state index contributed by atoms with van der Waals surface area (Å²) < 4.78 is 59.1. The number of ether oxygens (including phenoxy) is 3. The topological polar surface area (TPSA) is 78.2 Å². The van der Waals surface area contributed by atoms with Crippen LogP contribution in [-0.2, 0) is 6.18 Å². The van der Waals surface area contributed by atoms with E-state index in [2.05, 4.69) is 10.1 Å². The molecule has 0 amide bonds. The van der Waals surface area contributed by atoms with Crippen molar-refractivity contribution in [3.8, 4) is 17.2 Å². The molecule has 0 atom stereocenters. The highest BCUT2D eigenvalue weighted by Gasteiger charge is 2.44. The number of anilines is 1. The first-order valence-corrected chi connectivity index (χ1v) is 12.6. The molecule has 0 saturated carbocycles. The largest absolute Gasteiger partial charge is 0.499 e. The second-order valence-electron chi connectivity index (χ2n) is 10.9. The monoisotopic (exact) mass is 524 g/mol. The fourth-order valence-corrected chi connectivity index (χ4v) is 4.67. The molecule has 0 radical (unpaired) electrons. The molecule has 0 N–H and O–H groups in total. The zero-order chi connectivity index (χ0) is 27.6. The van der Waals surface area contributed by atoms with Gasteiger partial charge in [0.25, 0.3) is 5.56 Å². The Bertz CT molecular complexity index is 1470. The van der Waals surface area contributed by atoms with Gasteiger partial charge in [0, 0.05) is 49.2 Å². The molecule has 5 rings (SSSR count). The Morgan fingerprint density at radius 1 is 1.00 bits per heavy atom. The maximum Gasteiger partial charge on any atom is 0.433 e. The fourth-order valence-electron chi connectivity index (χ4n) is 4.67. The van der Waals surface area contributed by atoms with Crippen molar-refractivity contribution < 1.29 is 27.4 Å². The number of fused-ring (bicyclic) bond motifs is 2. The minimum atomic E-state index is -4.71. The van der Waals surface area contributed by atoms with Crippen LogP contribution in [0.2, 0.25) is 0 Å². The van der Waals surface area contributed by atoms with Crippen molar-refractivity contribution >= 4 is 42.9 Å². The van der Waals surface area contributed by atoms with Crippen molar-refractivity contribution in [2.75, 3.05) is 18.0 Å². The van der Waals surface area contributed by atoms with Gasteiger partial charge < -0.3 is 19.1 Å². The molecule has 0 bridgehead atoms. The van der Waals surface area contributed by atoms with Crippen LogP contribution >= 0.6 is 0 Å². The third-order valence-electron chi connectivity index (χ3n) is 7.75. The maximum atomic E-state index is 13.2. The minimum Gasteiger partial charge on any atom is -0.499 e. The summed E-state index contributed by atoms with van der Waals surface area (Å²) in [7, 11) is 7.97. The van der Waals surface area contributed by atoms with Crippen molar-refractivity contribution in [2.45, 2.75) is 49.8 Å². The molecular formula is C23H27B4F3N4O4. The van der Waals surface area contributed by atoms with Crippen LogP contribution in [0.5, 0.6) is 17.2 Å². The first-order valence-electron chi connectivity index (χ1n) is 12.6. The smallest absolute Gasteiger partial charge is 0.433 e. The molecule has 3 aromatic rings. The number of hydrogen-bond donors (Lipinski definition) is 0. The molecule has 0 unspecified atom stereocenters. The van der Waals surface area contributed by atoms with Gasteiger partial charge in [-0.1, -0.05) is 0 Å². The standard InChI is InChI=1S/C23H27B4F3N4O4/c1-11-12(2)20(32-34-18(35)10-17(21(28,29)30)31-19(11)34)33-7-5-13(6-8-33)36-14-3-4-15-16(9-14)38-23(26,27)22(24,25)37-15/h3-4,9-10,13H,5-8,24-27H2,1-2H3. The third kappa shape index (κ3) is 4.60. The van der Waals surface area contributed by atoms with E-state index in [0.29, 0.717) is 66.2 Å². The van der Waals surface area contributed by atoms with Gasteiger partial charge in [0.15, 0.2) is 28.7 Å². The number of nitrogens with zero attached hydrogens (tertiary/aromatic N) is 4. The van der Waals surface area contributed by atoms with Gasteiger partial charge >= 0.3 is 6.18 Å². The van der Waals surface area contributed by atoms with Crippen LogP contribution in [0.3, 0.4) is 0 Å². The van der Waals surface area contributed by atoms with E-state index in [1.165, 1.54) is 0 Å². The molecule has 38 heavy (non-hydrogen) atoms. The van der Waals surface area contributed by atoms with Crippen molar-refractivity contribution in [3.05, 3.63) is 51.4 Å². The molecule has 1 fully saturated rings. The molecule has 196 valence electrons. The zero-order valence-corrected chi connectivity index (χ0v) is 22.3. The zero-order valence-electron chi connectivity index (χ0n) is 22.3. The summed E-state index contributed by atoms with van der Waals surface area (Å²) in [4.78, 5) is 18.2. The Morgan fingerprint density at radius 3 is 2.26 bits per heavy atom. The van der Waals surface area contributed by atoms with E-state index < -0.39 is 28.2 Å². The van der Waals surface area contributed by atoms with Crippen LogP contribution < -0.4 is 24.7 Å². The number of aromatic nitrogens is 3. The molecule has 0 spiro atoms. The molecule has 2 aliphatic heterocycles. The van der Waals surface area contributed by atoms with Gasteiger partial charge in [0.05, 0.1) is 10.8 Å². The second-order valence-corrected chi connectivity index (χ2v) is 10.9. The Hall–Kier alpha value is -3.24. The molecule has 2 aliphatic rings. The van der Waals surface area contributed by atoms with Gasteiger partial charge in [-0.05, 0) is 26.0 Å². The number of hydrogen-bond acceptors (Lipinski definition) is 7. The predicted molar refractivity (Wildman–Crippen MR) is 147 cm³/mol. The average Bonchev–Trinajstić information content (AvgIpc) is 2.82. The van der Waals surface area contributed by atoms with Gasteiger partial charge in [0.2, 0.25) is 0 Å². The highest BCUT2D eigenvalue weighted by atomic mass is 19.4. The molecule has 1 saturated heterocycles. The van der Waals surface area contributed by atoms with E-state index in [-0.39, 0.29) is 11.8 Å². The second kappa shape index (κ2) is 8.91. The van der Waals surface area contributed by atoms with Crippen LogP contribution in [0.25, 0.3) is 5.65 Å². The maximum absolute atomic E-state index is 13.2. The number of halogens is 3. The molecular weight excluding hydrogens is 497 g/mol. The molecule has 4 heterocycles. The van der Waals surface area contributed by atoms with E-state index in [9.17, 15) is 18.0 Å². The molecule has 2 aromatic heterocycles. The lowest BCUT2D eigenvalue weighted by atomic mass is 9.41. The highest BCUT2D eigenvalue weighted by Crippen LogP contribution is 2.41. The summed E-state index contributed by atoms with van der Waals surface area (Å²) in [5, 5.41) is 3.40. The number of aryl methyl sites for hydroxylation is 1. The number of benzene rings is 1. The Kier molecular flexibility index (Phi) is 6.18. The van der Waals surface area contributed by atoms with Crippen LogP contribution in [0.1, 0.15) is 29.7 Å². The van der Waals surface area contributed by atoms with E-state index >= 15 is 0 Å². The van der Waals surface area contributed by atoms with E-state index in [1.54, 1.807) is 13.8 Å². The lowest BCUT2D eigenvalue weighted by Gasteiger charge is -2.47. The Morgan fingerprint density at radius 2 is 1.63 bits per heavy atom. The summed E-state index contributed by atoms with van der Waals surface area (Å²) in [5.74, 6) is 2.57. The van der Waals surface area contributed by atoms with Crippen molar-refractivity contribution in [1.29, 1.82) is 0 Å². The van der Waals surface area contributed by atoms with Gasteiger partial charge in [-0.15, -0.1) is 5.10 Å². The summed E-state index contributed by atoms with van der Waals surface area (Å²) in [6.45, 7) is 4.66. The summed E-state index contributed by atoms with van der Waals surface area (Å²) in [5.41, 5.74) is -1.000. The average molecular weight is 524 g/mol. The Labute approximate surface area is 221 Å². The number of alkyl halides is 3. The molecule has 0 aliphatic carbocycles. The van der Waals surface area contributed by atoms with Crippen molar-refractivity contribution in [2.24, 2.45) is 0 Å². The Balaban J connectivity index is 1.32. The number of piperidine rings is 1. The van der Waals surface area contributed by atoms with Crippen LogP contribution in [0.15, 0.2) is 29.1 Å². The van der Waals surface area contributed by atoms with Crippen LogP contribution in [0.4, 0.5) is 19.0 Å². The van der Waals surface area contributed by atoms with Crippen molar-refractivity contribution in [3.63, 3.8) is 0 Å². The lowest BCUT2D eigenvalue weighted by molar-refractivity contribution is -0.141. The molecule has 1 aromatic carbocycles. The quantitative estimate of drug-likeness (QED) is 0.424. The SMILES string of the molecule is BC1(B)Oc2ccc(OC3CCN(c4nn5c(=O)cc(C(F)(F)F)nc5c(C)c4C)CC3)cc2OC1(B)B. The van der Waals surface area contributed by atoms with E-state index in [4.69, 9.17) is 14.2 Å². The van der Waals surface area contributed by atoms with E-state index in [0.717, 1.165) is 4.52 Å². The highest BCUT2D eigenvalue weighted by molar-refractivity contribution is 6.53. The predicted octanol–water partition coefficient (Wildman–Crippen LogP) is -0.616. The lowest BCUT2D eigenvalue weighted by Crippen LogP contribution is -2.65. The van der Waals surface area contributed by atoms with Gasteiger partial charge in [0.1, 0.15) is 43.2 Å². The van der Waals surface area contributed by atoms with Crippen LogP contribution in [-0.4, -0.2) is 76.0 Å². The first kappa shape index (κ1) is 26.4. The number of rotatable bonds is 3. The van der Waals surface area contributed by atoms with Gasteiger partial charge in [-0.25, -0.2) is 4.98 Å².